The van der Waals surface area contributed by atoms with Crippen molar-refractivity contribution in [3.8, 4) is 22.4 Å². The highest BCUT2D eigenvalue weighted by Crippen LogP contribution is 2.41. The van der Waals surface area contributed by atoms with Gasteiger partial charge in [-0.15, -0.1) is 0 Å². The van der Waals surface area contributed by atoms with E-state index >= 15 is 0 Å². The summed E-state index contributed by atoms with van der Waals surface area (Å²) in [5.41, 5.74) is 11.9. The molecule has 0 bridgehead atoms. The van der Waals surface area contributed by atoms with E-state index in [2.05, 4.69) is 38.5 Å². The maximum atomic E-state index is 9.81. The van der Waals surface area contributed by atoms with Crippen LogP contribution in [-0.2, 0) is 13.6 Å². The molecule has 0 spiro atoms. The zero-order valence-corrected chi connectivity index (χ0v) is 19.3. The van der Waals surface area contributed by atoms with Crippen LogP contribution in [0, 0.1) is 5.92 Å². The van der Waals surface area contributed by atoms with Crippen molar-refractivity contribution in [1.82, 2.24) is 29.6 Å². The van der Waals surface area contributed by atoms with Crippen molar-refractivity contribution in [2.45, 2.75) is 25.6 Å². The van der Waals surface area contributed by atoms with Crippen LogP contribution in [0.3, 0.4) is 0 Å². The number of hydrogen-bond acceptors (Lipinski definition) is 7. The van der Waals surface area contributed by atoms with Gasteiger partial charge in [0.25, 0.3) is 0 Å². The van der Waals surface area contributed by atoms with E-state index in [0.717, 1.165) is 71.6 Å². The van der Waals surface area contributed by atoms with Gasteiger partial charge >= 0.3 is 0 Å². The predicted octanol–water partition coefficient (Wildman–Crippen LogP) is 3.00. The Morgan fingerprint density at radius 3 is 2.74 bits per heavy atom. The summed E-state index contributed by atoms with van der Waals surface area (Å²) in [6.07, 6.45) is 8.46. The molecule has 4 aromatic rings. The van der Waals surface area contributed by atoms with Gasteiger partial charge in [0.05, 0.1) is 17.3 Å². The Kier molecular flexibility index (Phi) is 6.04. The summed E-state index contributed by atoms with van der Waals surface area (Å²) < 4.78 is 4.09. The fourth-order valence-corrected chi connectivity index (χ4v) is 4.77. The van der Waals surface area contributed by atoms with E-state index in [0.29, 0.717) is 11.7 Å². The molecule has 0 amide bonds. The fourth-order valence-electron chi connectivity index (χ4n) is 4.77. The molecule has 5 rings (SSSR count). The van der Waals surface area contributed by atoms with E-state index in [-0.39, 0.29) is 0 Å². The molecule has 1 aliphatic heterocycles. The number of anilines is 2. The van der Waals surface area contributed by atoms with Crippen molar-refractivity contribution in [2.24, 2.45) is 13.0 Å². The standard InChI is InChI=1S/C25H30N8O/c1-3-20(34)31-19-6-4-17(5-7-19)23-21(22-24(26)28-15-29-25(22)32(23)2)18-12-30-33(14-18)13-16-8-10-27-11-9-16/h3-7,12,14-16,20,27,31,34H,1,8-11,13H2,2H3,(H2,26,28,29). The van der Waals surface area contributed by atoms with E-state index in [9.17, 15) is 5.11 Å². The van der Waals surface area contributed by atoms with Gasteiger partial charge < -0.3 is 26.0 Å². The Bertz CT molecular complexity index is 1300. The number of piperidine rings is 1. The number of nitrogens with two attached hydrogens (primary N) is 1. The highest BCUT2D eigenvalue weighted by atomic mass is 16.3. The summed E-state index contributed by atoms with van der Waals surface area (Å²) >= 11 is 0. The van der Waals surface area contributed by atoms with Crippen LogP contribution in [0.1, 0.15) is 12.8 Å². The normalized spacial score (nSPS) is 15.5. The lowest BCUT2D eigenvalue weighted by molar-refractivity contribution is 0.253. The van der Waals surface area contributed by atoms with Crippen molar-refractivity contribution in [3.63, 3.8) is 0 Å². The smallest absolute Gasteiger partial charge is 0.146 e. The molecule has 3 aromatic heterocycles. The number of fused-ring (bicyclic) bond motifs is 1. The van der Waals surface area contributed by atoms with Crippen LogP contribution in [0.2, 0.25) is 0 Å². The molecule has 0 radical (unpaired) electrons. The van der Waals surface area contributed by atoms with Crippen molar-refractivity contribution < 1.29 is 5.11 Å². The van der Waals surface area contributed by atoms with Gasteiger partial charge in [-0.3, -0.25) is 4.68 Å². The quantitative estimate of drug-likeness (QED) is 0.248. The van der Waals surface area contributed by atoms with Crippen molar-refractivity contribution in [2.75, 3.05) is 24.1 Å². The number of hydrogen-bond donors (Lipinski definition) is 4. The molecule has 1 aromatic carbocycles. The summed E-state index contributed by atoms with van der Waals surface area (Å²) in [5, 5.41) is 21.7. The second-order valence-corrected chi connectivity index (χ2v) is 8.79. The predicted molar refractivity (Wildman–Crippen MR) is 135 cm³/mol. The first-order chi connectivity index (χ1) is 16.5. The number of aliphatic hydroxyl groups is 1. The fraction of sp³-hybridized carbons (Fsp3) is 0.320. The molecule has 1 aliphatic rings. The second-order valence-electron chi connectivity index (χ2n) is 8.79. The van der Waals surface area contributed by atoms with Gasteiger partial charge in [0.15, 0.2) is 0 Å². The lowest BCUT2D eigenvalue weighted by atomic mass is 9.98. The topological polar surface area (TPSA) is 119 Å². The average molecular weight is 459 g/mol. The van der Waals surface area contributed by atoms with E-state index < -0.39 is 6.23 Å². The molecule has 1 atom stereocenters. The summed E-state index contributed by atoms with van der Waals surface area (Å²) in [7, 11) is 1.99. The summed E-state index contributed by atoms with van der Waals surface area (Å²) in [4.78, 5) is 8.79. The first-order valence-electron chi connectivity index (χ1n) is 11.5. The largest absolute Gasteiger partial charge is 0.383 e. The van der Waals surface area contributed by atoms with Gasteiger partial charge in [0.2, 0.25) is 0 Å². The third kappa shape index (κ3) is 4.15. The van der Waals surface area contributed by atoms with Gasteiger partial charge in [-0.1, -0.05) is 18.7 Å². The first kappa shape index (κ1) is 22.1. The molecule has 0 aliphatic carbocycles. The molecule has 1 unspecified atom stereocenters. The van der Waals surface area contributed by atoms with Gasteiger partial charge in [-0.05, 0) is 55.6 Å². The molecule has 9 heteroatoms. The molecule has 34 heavy (non-hydrogen) atoms. The van der Waals surface area contributed by atoms with E-state index in [1.807, 2.05) is 46.8 Å². The van der Waals surface area contributed by atoms with Crippen molar-refractivity contribution in [1.29, 1.82) is 0 Å². The highest BCUT2D eigenvalue weighted by Gasteiger charge is 2.23. The van der Waals surface area contributed by atoms with E-state index in [4.69, 9.17) is 5.73 Å². The van der Waals surface area contributed by atoms with E-state index in [1.54, 1.807) is 0 Å². The molecule has 4 heterocycles. The molecule has 5 N–H and O–H groups in total. The summed E-state index contributed by atoms with van der Waals surface area (Å²) in [6.45, 7) is 6.63. The van der Waals surface area contributed by atoms with Crippen molar-refractivity contribution in [3.05, 3.63) is 55.6 Å². The average Bonchev–Trinajstić information content (AvgIpc) is 3.43. The van der Waals surface area contributed by atoms with Gasteiger partial charge in [0.1, 0.15) is 24.0 Å². The highest BCUT2D eigenvalue weighted by molar-refractivity contribution is 6.07. The zero-order chi connectivity index (χ0) is 23.7. The molecule has 176 valence electrons. The summed E-state index contributed by atoms with van der Waals surface area (Å²) in [5.74, 6) is 1.07. The Hall–Kier alpha value is -3.69. The van der Waals surface area contributed by atoms with Crippen molar-refractivity contribution >= 4 is 22.5 Å². The van der Waals surface area contributed by atoms with Crippen LogP contribution >= 0.6 is 0 Å². The third-order valence-corrected chi connectivity index (χ3v) is 6.52. The zero-order valence-electron chi connectivity index (χ0n) is 19.3. The lowest BCUT2D eigenvalue weighted by Crippen LogP contribution is -2.29. The molecule has 0 saturated carbocycles. The maximum Gasteiger partial charge on any atom is 0.146 e. The number of nitrogen functional groups attached to an aromatic ring is 1. The summed E-state index contributed by atoms with van der Waals surface area (Å²) in [6, 6.07) is 7.88. The molecule has 1 saturated heterocycles. The number of aryl methyl sites for hydroxylation is 1. The molecular weight excluding hydrogens is 428 g/mol. The molecule has 9 nitrogen and oxygen atoms in total. The Labute approximate surface area is 198 Å². The van der Waals surface area contributed by atoms with Crippen LogP contribution in [0.25, 0.3) is 33.4 Å². The van der Waals surface area contributed by atoms with E-state index in [1.165, 1.54) is 12.4 Å². The minimum atomic E-state index is -0.806. The minimum absolute atomic E-state index is 0.445. The lowest BCUT2D eigenvalue weighted by Gasteiger charge is -2.22. The van der Waals surface area contributed by atoms with Crippen LogP contribution in [-0.4, -0.2) is 48.7 Å². The monoisotopic (exact) mass is 458 g/mol. The second kappa shape index (κ2) is 9.28. The Morgan fingerprint density at radius 2 is 2.00 bits per heavy atom. The number of benzene rings is 1. The Morgan fingerprint density at radius 1 is 1.24 bits per heavy atom. The number of nitrogens with one attached hydrogen (secondary N) is 2. The van der Waals surface area contributed by atoms with Gasteiger partial charge in [-0.25, -0.2) is 9.97 Å². The maximum absolute atomic E-state index is 9.81. The molecular formula is C25H30N8O. The van der Waals surface area contributed by atoms with Crippen LogP contribution in [0.15, 0.2) is 55.6 Å². The number of aromatic nitrogens is 5. The number of nitrogens with zero attached hydrogens (tertiary/aromatic N) is 5. The minimum Gasteiger partial charge on any atom is -0.383 e. The number of aliphatic hydroxyl groups excluding tert-OH is 1. The van der Waals surface area contributed by atoms with Crippen LogP contribution in [0.5, 0.6) is 0 Å². The van der Waals surface area contributed by atoms with Crippen LogP contribution < -0.4 is 16.4 Å². The Balaban J connectivity index is 1.58. The van der Waals surface area contributed by atoms with Gasteiger partial charge in [-0.2, -0.15) is 5.10 Å². The number of rotatable bonds is 7. The first-order valence-corrected chi connectivity index (χ1v) is 11.5. The third-order valence-electron chi connectivity index (χ3n) is 6.52. The molecule has 1 fully saturated rings. The van der Waals surface area contributed by atoms with Crippen LogP contribution in [0.4, 0.5) is 11.5 Å². The van der Waals surface area contributed by atoms with Gasteiger partial charge in [0, 0.05) is 36.6 Å². The SMILES string of the molecule is C=CC(O)Nc1ccc(-c2c(-c3cnn(CC4CCNCC4)c3)c3c(N)ncnc3n2C)cc1.